The molecule has 1 rings (SSSR count). The Morgan fingerprint density at radius 2 is 2.10 bits per heavy atom. The molecule has 1 aromatic rings. The third-order valence-corrected chi connectivity index (χ3v) is 2.85. The van der Waals surface area contributed by atoms with Crippen molar-refractivity contribution in [3.8, 4) is 0 Å². The van der Waals surface area contributed by atoms with Gasteiger partial charge < -0.3 is 24.3 Å². The van der Waals surface area contributed by atoms with Crippen LogP contribution in [0.15, 0.2) is 24.3 Å². The Labute approximate surface area is 125 Å². The van der Waals surface area contributed by atoms with Crippen LogP contribution in [0, 0.1) is 6.92 Å². The molecule has 1 atom stereocenters. The van der Waals surface area contributed by atoms with Crippen molar-refractivity contribution in [2.75, 3.05) is 27.1 Å². The lowest BCUT2D eigenvalue weighted by Gasteiger charge is -2.11. The van der Waals surface area contributed by atoms with Crippen LogP contribution in [0.5, 0.6) is 0 Å². The van der Waals surface area contributed by atoms with Gasteiger partial charge in [-0.1, -0.05) is 24.3 Å². The highest BCUT2D eigenvalue weighted by Gasteiger charge is 2.04. The highest BCUT2D eigenvalue weighted by atomic mass is 16.7. The van der Waals surface area contributed by atoms with Gasteiger partial charge in [0.25, 0.3) is 0 Å². The molecule has 6 heteroatoms. The van der Waals surface area contributed by atoms with Gasteiger partial charge in [-0.3, -0.25) is 0 Å². The number of aryl methyl sites for hydroxylation is 1. The van der Waals surface area contributed by atoms with Gasteiger partial charge in [-0.25, -0.2) is 4.79 Å². The molecule has 6 nitrogen and oxygen atoms in total. The van der Waals surface area contributed by atoms with Crippen LogP contribution in [0.3, 0.4) is 0 Å². The molecular weight excluding hydrogens is 274 g/mol. The van der Waals surface area contributed by atoms with E-state index in [0.29, 0.717) is 13.2 Å². The van der Waals surface area contributed by atoms with E-state index in [0.717, 1.165) is 11.1 Å². The van der Waals surface area contributed by atoms with Crippen LogP contribution in [-0.4, -0.2) is 39.4 Å². The van der Waals surface area contributed by atoms with E-state index in [9.17, 15) is 4.79 Å². The molecule has 0 saturated carbocycles. The predicted octanol–water partition coefficient (Wildman–Crippen LogP) is 2.20. The lowest BCUT2D eigenvalue weighted by Crippen LogP contribution is -2.28. The minimum Gasteiger partial charge on any atom is -0.445 e. The van der Waals surface area contributed by atoms with Gasteiger partial charge >= 0.3 is 6.09 Å². The number of rotatable bonds is 9. The fraction of sp³-hybridized carbons (Fsp3) is 0.533. The number of benzene rings is 1. The summed E-state index contributed by atoms with van der Waals surface area (Å²) in [5.41, 5.74) is 2.09. The Kier molecular flexibility index (Phi) is 8.42. The molecule has 0 radical (unpaired) electrons. The van der Waals surface area contributed by atoms with E-state index in [1.165, 1.54) is 0 Å². The molecule has 0 fully saturated rings. The first-order valence-corrected chi connectivity index (χ1v) is 6.80. The molecule has 118 valence electrons. The van der Waals surface area contributed by atoms with E-state index in [1.807, 2.05) is 31.2 Å². The Balaban J connectivity index is 2.05. The molecule has 0 aliphatic heterocycles. The molecule has 1 amide bonds. The Morgan fingerprint density at radius 3 is 2.81 bits per heavy atom. The highest BCUT2D eigenvalue weighted by Crippen LogP contribution is 2.07. The van der Waals surface area contributed by atoms with Crippen molar-refractivity contribution < 1.29 is 23.7 Å². The number of carbonyl (C=O) groups excluding carboxylic acids is 1. The summed E-state index contributed by atoms with van der Waals surface area (Å²) < 4.78 is 20.3. The fourth-order valence-electron chi connectivity index (χ4n) is 1.46. The number of nitrogens with one attached hydrogen (secondary N) is 1. The van der Waals surface area contributed by atoms with Crippen molar-refractivity contribution in [1.82, 2.24) is 5.32 Å². The van der Waals surface area contributed by atoms with Gasteiger partial charge in [-0.2, -0.15) is 0 Å². The molecule has 0 bridgehead atoms. The smallest absolute Gasteiger partial charge is 0.407 e. The van der Waals surface area contributed by atoms with Crippen LogP contribution in [0.4, 0.5) is 4.79 Å². The van der Waals surface area contributed by atoms with Crippen molar-refractivity contribution in [2.45, 2.75) is 26.7 Å². The predicted molar refractivity (Wildman–Crippen MR) is 77.7 cm³/mol. The van der Waals surface area contributed by atoms with Gasteiger partial charge in [0.15, 0.2) is 6.29 Å². The van der Waals surface area contributed by atoms with Crippen molar-refractivity contribution in [2.24, 2.45) is 0 Å². The van der Waals surface area contributed by atoms with Crippen LogP contribution in [-0.2, 0) is 25.6 Å². The summed E-state index contributed by atoms with van der Waals surface area (Å²) in [5, 5.41) is 2.60. The largest absolute Gasteiger partial charge is 0.445 e. The Bertz CT molecular complexity index is 424. The van der Waals surface area contributed by atoms with Gasteiger partial charge in [0.05, 0.1) is 6.61 Å². The molecule has 0 spiro atoms. The van der Waals surface area contributed by atoms with Gasteiger partial charge in [0.2, 0.25) is 0 Å². The van der Waals surface area contributed by atoms with E-state index in [1.54, 1.807) is 14.0 Å². The summed E-state index contributed by atoms with van der Waals surface area (Å²) in [5.74, 6) is 0. The maximum Gasteiger partial charge on any atom is 0.407 e. The van der Waals surface area contributed by atoms with E-state index in [-0.39, 0.29) is 19.7 Å². The van der Waals surface area contributed by atoms with E-state index in [4.69, 9.17) is 18.9 Å². The number of alkyl carbamates (subject to hydrolysis) is 1. The minimum atomic E-state index is -0.465. The third kappa shape index (κ3) is 7.65. The summed E-state index contributed by atoms with van der Waals surface area (Å²) in [4.78, 5) is 11.5. The maximum atomic E-state index is 11.5. The van der Waals surface area contributed by atoms with E-state index >= 15 is 0 Å². The fourth-order valence-corrected chi connectivity index (χ4v) is 1.46. The van der Waals surface area contributed by atoms with Crippen LogP contribution in [0.1, 0.15) is 18.1 Å². The van der Waals surface area contributed by atoms with Gasteiger partial charge in [0, 0.05) is 13.7 Å². The van der Waals surface area contributed by atoms with Crippen molar-refractivity contribution in [3.63, 3.8) is 0 Å². The van der Waals surface area contributed by atoms with Crippen LogP contribution in [0.2, 0.25) is 0 Å². The number of carbonyl (C=O) groups is 1. The number of hydrogen-bond donors (Lipinski definition) is 1. The lowest BCUT2D eigenvalue weighted by molar-refractivity contribution is -0.173. The molecule has 0 aliphatic rings. The molecular formula is C15H23NO5. The molecule has 0 aromatic heterocycles. The molecule has 0 saturated heterocycles. The zero-order chi connectivity index (χ0) is 15.5. The topological polar surface area (TPSA) is 66.0 Å². The Morgan fingerprint density at radius 1 is 1.33 bits per heavy atom. The number of hydrogen-bond acceptors (Lipinski definition) is 5. The quantitative estimate of drug-likeness (QED) is 0.559. The molecule has 1 N–H and O–H groups in total. The summed E-state index contributed by atoms with van der Waals surface area (Å²) in [6.07, 6.45) is -0.773. The first-order valence-electron chi connectivity index (χ1n) is 6.80. The van der Waals surface area contributed by atoms with Gasteiger partial charge in [-0.15, -0.1) is 0 Å². The number of methoxy groups -OCH3 is 1. The van der Waals surface area contributed by atoms with Crippen molar-refractivity contribution in [1.29, 1.82) is 0 Å². The minimum absolute atomic E-state index is 0.120. The highest BCUT2D eigenvalue weighted by molar-refractivity contribution is 5.67. The third-order valence-electron chi connectivity index (χ3n) is 2.85. The first-order chi connectivity index (χ1) is 10.1. The second-order valence-electron chi connectivity index (χ2n) is 4.43. The molecule has 0 heterocycles. The summed E-state index contributed by atoms with van der Waals surface area (Å²) in [6, 6.07) is 7.77. The molecule has 1 unspecified atom stereocenters. The second-order valence-corrected chi connectivity index (χ2v) is 4.43. The van der Waals surface area contributed by atoms with Crippen LogP contribution in [0.25, 0.3) is 0 Å². The monoisotopic (exact) mass is 297 g/mol. The van der Waals surface area contributed by atoms with Gasteiger partial charge in [-0.05, 0) is 25.0 Å². The molecule has 1 aromatic carbocycles. The molecule has 0 aliphatic carbocycles. The Hall–Kier alpha value is -1.63. The maximum absolute atomic E-state index is 11.5. The number of ether oxygens (including phenoxy) is 4. The standard InChI is InChI=1S/C15H23NO5/c1-12-6-4-5-7-14(12)10-20-15(17)16-8-9-19-11-21-13(2)18-3/h4-7,13H,8-11H2,1-3H3,(H,16,17). The van der Waals surface area contributed by atoms with E-state index in [2.05, 4.69) is 5.32 Å². The first kappa shape index (κ1) is 17.4. The van der Waals surface area contributed by atoms with Crippen LogP contribution >= 0.6 is 0 Å². The zero-order valence-electron chi connectivity index (χ0n) is 12.8. The zero-order valence-corrected chi connectivity index (χ0v) is 12.8. The lowest BCUT2D eigenvalue weighted by atomic mass is 10.1. The molecule has 21 heavy (non-hydrogen) atoms. The van der Waals surface area contributed by atoms with Crippen molar-refractivity contribution >= 4 is 6.09 Å². The second kappa shape index (κ2) is 10.1. The normalized spacial score (nSPS) is 12.0. The van der Waals surface area contributed by atoms with Gasteiger partial charge in [0.1, 0.15) is 13.4 Å². The summed E-state index contributed by atoms with van der Waals surface area (Å²) >= 11 is 0. The number of amides is 1. The van der Waals surface area contributed by atoms with Crippen molar-refractivity contribution in [3.05, 3.63) is 35.4 Å². The average molecular weight is 297 g/mol. The summed E-state index contributed by atoms with van der Waals surface area (Å²) in [6.45, 7) is 4.83. The van der Waals surface area contributed by atoms with E-state index < -0.39 is 6.09 Å². The average Bonchev–Trinajstić information content (AvgIpc) is 2.49. The van der Waals surface area contributed by atoms with Crippen LogP contribution < -0.4 is 5.32 Å². The summed E-state index contributed by atoms with van der Waals surface area (Å²) in [7, 11) is 1.55. The SMILES string of the molecule is COC(C)OCOCCNC(=O)OCc1ccccc1C.